The molecule has 0 fully saturated rings. The molecule has 0 spiro atoms. The fourth-order valence-electron chi connectivity index (χ4n) is 1.91. The number of hydrogen-bond donors (Lipinski definition) is 2. The van der Waals surface area contributed by atoms with Crippen molar-refractivity contribution in [2.45, 2.75) is 38.8 Å². The fourth-order valence-corrected chi connectivity index (χ4v) is 1.91. The van der Waals surface area contributed by atoms with Gasteiger partial charge in [0.15, 0.2) is 0 Å². The number of amides is 1. The number of esters is 1. The predicted molar refractivity (Wildman–Crippen MR) is 74.9 cm³/mol. The SMILES string of the molecule is CCCn1cccc1C(=O)NC(CCC(=O)OC)C(=O)O. The van der Waals surface area contributed by atoms with Gasteiger partial charge in [0.1, 0.15) is 11.7 Å². The first-order valence-electron chi connectivity index (χ1n) is 6.75. The second-order valence-electron chi connectivity index (χ2n) is 4.57. The summed E-state index contributed by atoms with van der Waals surface area (Å²) in [6.45, 7) is 2.66. The van der Waals surface area contributed by atoms with Crippen LogP contribution in [-0.4, -0.2) is 40.7 Å². The van der Waals surface area contributed by atoms with Crippen LogP contribution in [0, 0.1) is 0 Å². The highest BCUT2D eigenvalue weighted by Crippen LogP contribution is 2.06. The summed E-state index contributed by atoms with van der Waals surface area (Å²) in [6.07, 6.45) is 2.55. The number of rotatable bonds is 8. The van der Waals surface area contributed by atoms with Gasteiger partial charge in [0.25, 0.3) is 5.91 Å². The van der Waals surface area contributed by atoms with Crippen molar-refractivity contribution in [3.63, 3.8) is 0 Å². The Labute approximate surface area is 122 Å². The molecule has 1 rings (SSSR count). The highest BCUT2D eigenvalue weighted by molar-refractivity contribution is 5.95. The maximum Gasteiger partial charge on any atom is 0.326 e. The summed E-state index contributed by atoms with van der Waals surface area (Å²) >= 11 is 0. The van der Waals surface area contributed by atoms with Crippen LogP contribution >= 0.6 is 0 Å². The van der Waals surface area contributed by atoms with Gasteiger partial charge in [0.05, 0.1) is 7.11 Å². The Hall–Kier alpha value is -2.31. The van der Waals surface area contributed by atoms with Gasteiger partial charge in [-0.3, -0.25) is 9.59 Å². The second-order valence-corrected chi connectivity index (χ2v) is 4.57. The van der Waals surface area contributed by atoms with Crippen LogP contribution in [0.2, 0.25) is 0 Å². The molecule has 1 heterocycles. The molecule has 1 aromatic rings. The maximum absolute atomic E-state index is 12.1. The van der Waals surface area contributed by atoms with Crippen molar-refractivity contribution >= 4 is 17.8 Å². The molecule has 1 unspecified atom stereocenters. The molecule has 21 heavy (non-hydrogen) atoms. The molecule has 0 aliphatic rings. The Morgan fingerprint density at radius 1 is 1.43 bits per heavy atom. The van der Waals surface area contributed by atoms with Gasteiger partial charge in [-0.25, -0.2) is 4.79 Å². The molecular weight excluding hydrogens is 276 g/mol. The molecule has 0 bridgehead atoms. The molecule has 1 atom stereocenters. The van der Waals surface area contributed by atoms with Crippen LogP contribution in [0.1, 0.15) is 36.7 Å². The van der Waals surface area contributed by atoms with Crippen molar-refractivity contribution < 1.29 is 24.2 Å². The van der Waals surface area contributed by atoms with E-state index in [1.54, 1.807) is 22.9 Å². The number of nitrogens with one attached hydrogen (secondary N) is 1. The van der Waals surface area contributed by atoms with Crippen molar-refractivity contribution in [3.8, 4) is 0 Å². The lowest BCUT2D eigenvalue weighted by atomic mass is 10.1. The van der Waals surface area contributed by atoms with Crippen LogP contribution in [0.5, 0.6) is 0 Å². The van der Waals surface area contributed by atoms with E-state index in [9.17, 15) is 14.4 Å². The smallest absolute Gasteiger partial charge is 0.326 e. The third kappa shape index (κ3) is 4.94. The van der Waals surface area contributed by atoms with Crippen molar-refractivity contribution in [2.75, 3.05) is 7.11 Å². The standard InChI is InChI=1S/C14H20N2O5/c1-3-8-16-9-4-5-11(16)13(18)15-10(14(19)20)6-7-12(17)21-2/h4-5,9-10H,3,6-8H2,1-2H3,(H,15,18)(H,19,20). The van der Waals surface area contributed by atoms with Gasteiger partial charge in [-0.05, 0) is 25.0 Å². The third-order valence-corrected chi connectivity index (χ3v) is 2.99. The van der Waals surface area contributed by atoms with E-state index < -0.39 is 23.9 Å². The summed E-state index contributed by atoms with van der Waals surface area (Å²) in [6, 6.07) is 2.24. The number of aryl methyl sites for hydroxylation is 1. The summed E-state index contributed by atoms with van der Waals surface area (Å²) in [5, 5.41) is 11.5. The molecule has 0 aliphatic heterocycles. The van der Waals surface area contributed by atoms with Crippen LogP contribution in [-0.2, 0) is 20.9 Å². The quantitative estimate of drug-likeness (QED) is 0.698. The summed E-state index contributed by atoms with van der Waals surface area (Å²) in [4.78, 5) is 34.3. The topological polar surface area (TPSA) is 97.6 Å². The monoisotopic (exact) mass is 296 g/mol. The molecule has 0 aliphatic carbocycles. The number of aromatic nitrogens is 1. The van der Waals surface area contributed by atoms with E-state index in [-0.39, 0.29) is 12.8 Å². The summed E-state index contributed by atoms with van der Waals surface area (Å²) in [5.41, 5.74) is 0.404. The largest absolute Gasteiger partial charge is 0.480 e. The van der Waals surface area contributed by atoms with Gasteiger partial charge in [-0.1, -0.05) is 6.92 Å². The zero-order valence-electron chi connectivity index (χ0n) is 12.2. The van der Waals surface area contributed by atoms with Crippen molar-refractivity contribution in [3.05, 3.63) is 24.0 Å². The van der Waals surface area contributed by atoms with E-state index in [1.165, 1.54) is 7.11 Å². The molecule has 0 radical (unpaired) electrons. The van der Waals surface area contributed by atoms with Crippen LogP contribution in [0.15, 0.2) is 18.3 Å². The lowest BCUT2D eigenvalue weighted by Gasteiger charge is -2.15. The maximum atomic E-state index is 12.1. The minimum absolute atomic E-state index is 0.0117. The van der Waals surface area contributed by atoms with Gasteiger partial charge in [-0.2, -0.15) is 0 Å². The van der Waals surface area contributed by atoms with Crippen molar-refractivity contribution in [1.29, 1.82) is 0 Å². The van der Waals surface area contributed by atoms with Gasteiger partial charge >= 0.3 is 11.9 Å². The molecule has 116 valence electrons. The van der Waals surface area contributed by atoms with E-state index in [4.69, 9.17) is 5.11 Å². The predicted octanol–water partition coefficient (Wildman–Crippen LogP) is 1.03. The minimum atomic E-state index is -1.18. The zero-order chi connectivity index (χ0) is 15.8. The number of carbonyl (C=O) groups excluding carboxylic acids is 2. The Bertz CT molecular complexity index is 509. The average molecular weight is 296 g/mol. The molecule has 1 aromatic heterocycles. The number of carbonyl (C=O) groups is 3. The number of aliphatic carboxylic acids is 1. The molecular formula is C14H20N2O5. The molecule has 7 nitrogen and oxygen atoms in total. The minimum Gasteiger partial charge on any atom is -0.480 e. The van der Waals surface area contributed by atoms with Gasteiger partial charge in [-0.15, -0.1) is 0 Å². The normalized spacial score (nSPS) is 11.7. The lowest BCUT2D eigenvalue weighted by Crippen LogP contribution is -2.41. The van der Waals surface area contributed by atoms with Gasteiger partial charge in [0.2, 0.25) is 0 Å². The highest BCUT2D eigenvalue weighted by Gasteiger charge is 2.23. The summed E-state index contributed by atoms with van der Waals surface area (Å²) in [5.74, 6) is -2.16. The first-order valence-corrected chi connectivity index (χ1v) is 6.75. The average Bonchev–Trinajstić information content (AvgIpc) is 2.91. The number of hydrogen-bond acceptors (Lipinski definition) is 4. The third-order valence-electron chi connectivity index (χ3n) is 2.99. The summed E-state index contributed by atoms with van der Waals surface area (Å²) in [7, 11) is 1.23. The van der Waals surface area contributed by atoms with Crippen LogP contribution in [0.4, 0.5) is 0 Å². The van der Waals surface area contributed by atoms with Crippen molar-refractivity contribution in [1.82, 2.24) is 9.88 Å². The Morgan fingerprint density at radius 2 is 2.14 bits per heavy atom. The second kappa shape index (κ2) is 8.08. The number of carboxylic acids is 1. The van der Waals surface area contributed by atoms with Gasteiger partial charge < -0.3 is 19.7 Å². The number of ether oxygens (including phenoxy) is 1. The van der Waals surface area contributed by atoms with Crippen LogP contribution in [0.25, 0.3) is 0 Å². The fraction of sp³-hybridized carbons (Fsp3) is 0.500. The van der Waals surface area contributed by atoms with Crippen LogP contribution in [0.3, 0.4) is 0 Å². The first-order chi connectivity index (χ1) is 9.99. The first kappa shape index (κ1) is 16.7. The van der Waals surface area contributed by atoms with E-state index in [1.807, 2.05) is 6.92 Å². The van der Waals surface area contributed by atoms with Gasteiger partial charge in [0, 0.05) is 19.2 Å². The molecule has 0 saturated carbocycles. The number of carboxylic acid groups (broad SMARTS) is 1. The highest BCUT2D eigenvalue weighted by atomic mass is 16.5. The molecule has 7 heteroatoms. The van der Waals surface area contributed by atoms with E-state index in [2.05, 4.69) is 10.1 Å². The molecule has 0 saturated heterocycles. The number of methoxy groups -OCH3 is 1. The molecule has 1 amide bonds. The Kier molecular flexibility index (Phi) is 6.45. The zero-order valence-corrected chi connectivity index (χ0v) is 12.2. The van der Waals surface area contributed by atoms with E-state index in [0.717, 1.165) is 6.42 Å². The Balaban J connectivity index is 2.69. The van der Waals surface area contributed by atoms with Crippen LogP contribution < -0.4 is 5.32 Å². The molecule has 2 N–H and O–H groups in total. The van der Waals surface area contributed by atoms with E-state index in [0.29, 0.717) is 12.2 Å². The summed E-state index contributed by atoms with van der Waals surface area (Å²) < 4.78 is 6.22. The van der Waals surface area contributed by atoms with Crippen molar-refractivity contribution in [2.24, 2.45) is 0 Å². The molecule has 0 aromatic carbocycles. The Morgan fingerprint density at radius 3 is 2.71 bits per heavy atom. The lowest BCUT2D eigenvalue weighted by molar-refractivity contribution is -0.142. The van der Waals surface area contributed by atoms with E-state index >= 15 is 0 Å². The number of nitrogens with zero attached hydrogens (tertiary/aromatic N) is 1.